The van der Waals surface area contributed by atoms with Crippen LogP contribution in [-0.4, -0.2) is 4.98 Å². The van der Waals surface area contributed by atoms with Crippen molar-refractivity contribution in [3.8, 4) is 11.3 Å². The fraction of sp³-hybridized carbons (Fsp3) is 0.118. The van der Waals surface area contributed by atoms with E-state index >= 15 is 0 Å². The number of nitrogens with one attached hydrogen (secondary N) is 1. The first-order valence-corrected chi connectivity index (χ1v) is 7.55. The molecule has 22 heavy (non-hydrogen) atoms. The van der Waals surface area contributed by atoms with Gasteiger partial charge < -0.3 is 5.32 Å². The third-order valence-corrected chi connectivity index (χ3v) is 4.16. The molecule has 1 aromatic heterocycles. The van der Waals surface area contributed by atoms with Gasteiger partial charge in [0.15, 0.2) is 5.13 Å². The molecule has 3 aromatic rings. The smallest absolute Gasteiger partial charge is 0.187 e. The van der Waals surface area contributed by atoms with Crippen LogP contribution in [0.2, 0.25) is 0 Å². The van der Waals surface area contributed by atoms with Gasteiger partial charge >= 0.3 is 0 Å². The van der Waals surface area contributed by atoms with Gasteiger partial charge in [0, 0.05) is 16.6 Å². The Morgan fingerprint density at radius 1 is 1.00 bits per heavy atom. The van der Waals surface area contributed by atoms with Crippen LogP contribution < -0.4 is 5.32 Å². The number of anilines is 2. The minimum absolute atomic E-state index is 0. The Bertz CT molecular complexity index is 769. The van der Waals surface area contributed by atoms with E-state index in [1.165, 1.54) is 34.6 Å². The molecule has 3 rings (SSSR count). The van der Waals surface area contributed by atoms with Crippen molar-refractivity contribution in [3.05, 3.63) is 64.8 Å². The van der Waals surface area contributed by atoms with Crippen molar-refractivity contribution in [1.82, 2.24) is 4.98 Å². The third-order valence-electron chi connectivity index (χ3n) is 3.40. The van der Waals surface area contributed by atoms with E-state index < -0.39 is 0 Å². The molecule has 0 amide bonds. The number of thiazole rings is 1. The Kier molecular flexibility index (Phi) is 5.32. The zero-order valence-corrected chi connectivity index (χ0v) is 14.8. The topological polar surface area (TPSA) is 24.9 Å². The third kappa shape index (κ3) is 3.72. The fourth-order valence-corrected chi connectivity index (χ4v) is 2.76. The molecule has 0 aliphatic carbocycles. The maximum Gasteiger partial charge on any atom is 0.187 e. The molecule has 2 nitrogen and oxygen atoms in total. The molecular formula is C17H16BrFN2S. The summed E-state index contributed by atoms with van der Waals surface area (Å²) in [5.74, 6) is -0.240. The van der Waals surface area contributed by atoms with E-state index in [0.717, 1.165) is 22.1 Å². The molecule has 5 heteroatoms. The second-order valence-electron chi connectivity index (χ2n) is 4.97. The standard InChI is InChI=1S/C17H15FN2S.BrH/c1-11-3-4-13(9-12(11)2)16-10-21-17(20-16)19-15-7-5-14(18)6-8-15;/h3-10H,1-2H3,(H,19,20);1H. The maximum absolute atomic E-state index is 12.9. The summed E-state index contributed by atoms with van der Waals surface area (Å²) in [6.07, 6.45) is 0. The van der Waals surface area contributed by atoms with Crippen LogP contribution in [0.4, 0.5) is 15.2 Å². The Hall–Kier alpha value is -1.72. The number of nitrogens with zero attached hydrogens (tertiary/aromatic N) is 1. The Morgan fingerprint density at radius 3 is 2.41 bits per heavy atom. The van der Waals surface area contributed by atoms with Gasteiger partial charge in [0.05, 0.1) is 5.69 Å². The van der Waals surface area contributed by atoms with Gasteiger partial charge in [-0.2, -0.15) is 0 Å². The molecule has 0 saturated heterocycles. The lowest BCUT2D eigenvalue weighted by molar-refractivity contribution is 0.628. The first-order valence-electron chi connectivity index (χ1n) is 6.67. The summed E-state index contributed by atoms with van der Waals surface area (Å²) < 4.78 is 12.9. The van der Waals surface area contributed by atoms with Crippen molar-refractivity contribution in [2.75, 3.05) is 5.32 Å². The molecule has 0 aliphatic heterocycles. The number of aryl methyl sites for hydroxylation is 2. The highest BCUT2D eigenvalue weighted by Gasteiger charge is 2.06. The second kappa shape index (κ2) is 7.03. The van der Waals surface area contributed by atoms with Gasteiger partial charge in [-0.15, -0.1) is 28.3 Å². The van der Waals surface area contributed by atoms with E-state index in [1.807, 2.05) is 5.38 Å². The normalized spacial score (nSPS) is 10.1. The molecule has 2 aromatic carbocycles. The van der Waals surface area contributed by atoms with E-state index in [0.29, 0.717) is 0 Å². The van der Waals surface area contributed by atoms with Crippen molar-refractivity contribution in [2.24, 2.45) is 0 Å². The van der Waals surface area contributed by atoms with Crippen LogP contribution in [0.3, 0.4) is 0 Å². The Morgan fingerprint density at radius 2 is 1.73 bits per heavy atom. The van der Waals surface area contributed by atoms with Crippen LogP contribution in [0.1, 0.15) is 11.1 Å². The van der Waals surface area contributed by atoms with E-state index in [9.17, 15) is 4.39 Å². The number of rotatable bonds is 3. The predicted molar refractivity (Wildman–Crippen MR) is 97.0 cm³/mol. The summed E-state index contributed by atoms with van der Waals surface area (Å²) in [6.45, 7) is 4.20. The number of benzene rings is 2. The molecule has 0 unspecified atom stereocenters. The van der Waals surface area contributed by atoms with E-state index in [1.54, 1.807) is 12.1 Å². The lowest BCUT2D eigenvalue weighted by atomic mass is 10.1. The summed E-state index contributed by atoms with van der Waals surface area (Å²) in [6, 6.07) is 12.6. The molecule has 0 aliphatic rings. The average molecular weight is 379 g/mol. The van der Waals surface area contributed by atoms with Crippen LogP contribution >= 0.6 is 28.3 Å². The summed E-state index contributed by atoms with van der Waals surface area (Å²) in [5.41, 5.74) is 5.43. The summed E-state index contributed by atoms with van der Waals surface area (Å²) in [5, 5.41) is 6.01. The van der Waals surface area contributed by atoms with Gasteiger partial charge in [0.2, 0.25) is 0 Å². The zero-order valence-electron chi connectivity index (χ0n) is 12.3. The molecule has 114 valence electrons. The average Bonchev–Trinajstić information content (AvgIpc) is 2.93. The van der Waals surface area contributed by atoms with Gasteiger partial charge in [0.1, 0.15) is 5.82 Å². The van der Waals surface area contributed by atoms with Crippen LogP contribution in [-0.2, 0) is 0 Å². The molecule has 0 spiro atoms. The van der Waals surface area contributed by atoms with Crippen molar-refractivity contribution in [1.29, 1.82) is 0 Å². The number of hydrogen-bond acceptors (Lipinski definition) is 3. The first-order chi connectivity index (χ1) is 10.1. The molecule has 0 atom stereocenters. The lowest BCUT2D eigenvalue weighted by Crippen LogP contribution is -1.90. The monoisotopic (exact) mass is 378 g/mol. The lowest BCUT2D eigenvalue weighted by Gasteiger charge is -2.03. The van der Waals surface area contributed by atoms with Gasteiger partial charge in [-0.25, -0.2) is 9.37 Å². The molecular weight excluding hydrogens is 363 g/mol. The van der Waals surface area contributed by atoms with E-state index in [4.69, 9.17) is 0 Å². The summed E-state index contributed by atoms with van der Waals surface area (Å²) >= 11 is 1.54. The highest BCUT2D eigenvalue weighted by Crippen LogP contribution is 2.28. The summed E-state index contributed by atoms with van der Waals surface area (Å²) in [7, 11) is 0. The van der Waals surface area contributed by atoms with Crippen LogP contribution in [0.25, 0.3) is 11.3 Å². The minimum Gasteiger partial charge on any atom is -0.332 e. The highest BCUT2D eigenvalue weighted by atomic mass is 79.9. The molecule has 0 radical (unpaired) electrons. The number of halogens is 2. The predicted octanol–water partition coefficient (Wildman–Crippen LogP) is 5.89. The molecule has 0 bridgehead atoms. The van der Waals surface area contributed by atoms with Crippen LogP contribution in [0.5, 0.6) is 0 Å². The molecule has 1 N–H and O–H groups in total. The van der Waals surface area contributed by atoms with Crippen LogP contribution in [0, 0.1) is 19.7 Å². The number of aromatic nitrogens is 1. The van der Waals surface area contributed by atoms with Crippen molar-refractivity contribution < 1.29 is 4.39 Å². The fourth-order valence-electron chi connectivity index (χ4n) is 2.02. The quantitative estimate of drug-likeness (QED) is 0.614. The van der Waals surface area contributed by atoms with Crippen molar-refractivity contribution >= 4 is 39.1 Å². The van der Waals surface area contributed by atoms with Gasteiger partial charge in [0.25, 0.3) is 0 Å². The molecule has 1 heterocycles. The second-order valence-corrected chi connectivity index (χ2v) is 5.83. The number of hydrogen-bond donors (Lipinski definition) is 1. The molecule has 0 saturated carbocycles. The molecule has 0 fully saturated rings. The van der Waals surface area contributed by atoms with Gasteiger partial charge in [-0.05, 0) is 55.3 Å². The van der Waals surface area contributed by atoms with E-state index in [2.05, 4.69) is 42.3 Å². The zero-order chi connectivity index (χ0) is 14.8. The highest BCUT2D eigenvalue weighted by molar-refractivity contribution is 8.93. The van der Waals surface area contributed by atoms with Gasteiger partial charge in [-0.3, -0.25) is 0 Å². The van der Waals surface area contributed by atoms with Crippen molar-refractivity contribution in [2.45, 2.75) is 13.8 Å². The minimum atomic E-state index is -0.240. The maximum atomic E-state index is 12.9. The summed E-state index contributed by atoms with van der Waals surface area (Å²) in [4.78, 5) is 4.58. The Labute approximate surface area is 143 Å². The largest absolute Gasteiger partial charge is 0.332 e. The van der Waals surface area contributed by atoms with Crippen LogP contribution in [0.15, 0.2) is 47.8 Å². The first kappa shape index (κ1) is 16.6. The van der Waals surface area contributed by atoms with E-state index in [-0.39, 0.29) is 22.8 Å². The SMILES string of the molecule is Br.Cc1ccc(-c2csc(Nc3ccc(F)cc3)n2)cc1C. The van der Waals surface area contributed by atoms with Crippen molar-refractivity contribution in [3.63, 3.8) is 0 Å². The van der Waals surface area contributed by atoms with Gasteiger partial charge in [-0.1, -0.05) is 12.1 Å². The Balaban J connectivity index is 0.00000176.